The third-order valence-corrected chi connectivity index (χ3v) is 4.82. The Morgan fingerprint density at radius 2 is 2.00 bits per heavy atom. The number of nitrogens with two attached hydrogens (primary N) is 1. The number of likely N-dealkylation sites (N-methyl/N-ethyl adjacent to an activating group) is 1. The number of nitrogens with zero attached hydrogens (tertiary/aromatic N) is 2. The first-order valence-corrected chi connectivity index (χ1v) is 7.25. The number of piperidine rings is 1. The van der Waals surface area contributed by atoms with Gasteiger partial charge in [0, 0.05) is 25.7 Å². The van der Waals surface area contributed by atoms with Gasteiger partial charge in [-0.1, -0.05) is 12.8 Å². The summed E-state index contributed by atoms with van der Waals surface area (Å²) < 4.78 is 0. The Morgan fingerprint density at radius 1 is 1.33 bits per heavy atom. The SMILES string of the molecule is CN(C)C1CCCN(C(=O)C2(CN)CCCC2)C1. The summed E-state index contributed by atoms with van der Waals surface area (Å²) in [7, 11) is 4.21. The first-order valence-electron chi connectivity index (χ1n) is 7.25. The van der Waals surface area contributed by atoms with Crippen LogP contribution < -0.4 is 5.73 Å². The van der Waals surface area contributed by atoms with Crippen molar-refractivity contribution in [2.75, 3.05) is 33.7 Å². The van der Waals surface area contributed by atoms with Crippen LogP contribution in [0, 0.1) is 5.41 Å². The Morgan fingerprint density at radius 3 is 2.56 bits per heavy atom. The number of likely N-dealkylation sites (tertiary alicyclic amines) is 1. The fraction of sp³-hybridized carbons (Fsp3) is 0.929. The van der Waals surface area contributed by atoms with Gasteiger partial charge in [-0.25, -0.2) is 0 Å². The number of amides is 1. The largest absolute Gasteiger partial charge is 0.341 e. The highest BCUT2D eigenvalue weighted by Crippen LogP contribution is 2.39. The van der Waals surface area contributed by atoms with E-state index < -0.39 is 0 Å². The van der Waals surface area contributed by atoms with Gasteiger partial charge in [-0.05, 0) is 39.8 Å². The van der Waals surface area contributed by atoms with E-state index in [9.17, 15) is 4.79 Å². The molecular formula is C14H27N3O. The van der Waals surface area contributed by atoms with Crippen LogP contribution in [-0.2, 0) is 4.79 Å². The summed E-state index contributed by atoms with van der Waals surface area (Å²) in [4.78, 5) is 17.1. The molecule has 4 heteroatoms. The number of carbonyl (C=O) groups is 1. The topological polar surface area (TPSA) is 49.6 Å². The number of carbonyl (C=O) groups excluding carboxylic acids is 1. The molecule has 0 aromatic carbocycles. The lowest BCUT2D eigenvalue weighted by Gasteiger charge is -2.40. The summed E-state index contributed by atoms with van der Waals surface area (Å²) in [5.41, 5.74) is 5.68. The molecule has 1 atom stereocenters. The molecule has 2 fully saturated rings. The fourth-order valence-corrected chi connectivity index (χ4v) is 3.45. The molecule has 0 aromatic rings. The van der Waals surface area contributed by atoms with E-state index in [4.69, 9.17) is 5.73 Å². The first kappa shape index (κ1) is 13.8. The Labute approximate surface area is 110 Å². The van der Waals surface area contributed by atoms with Crippen molar-refractivity contribution in [2.45, 2.75) is 44.6 Å². The highest BCUT2D eigenvalue weighted by molar-refractivity contribution is 5.83. The van der Waals surface area contributed by atoms with Crippen LogP contribution in [0.5, 0.6) is 0 Å². The first-order chi connectivity index (χ1) is 8.59. The van der Waals surface area contributed by atoms with Crippen LogP contribution in [0.1, 0.15) is 38.5 Å². The summed E-state index contributed by atoms with van der Waals surface area (Å²) >= 11 is 0. The Hall–Kier alpha value is -0.610. The molecular weight excluding hydrogens is 226 g/mol. The van der Waals surface area contributed by atoms with E-state index in [0.29, 0.717) is 18.5 Å². The zero-order valence-corrected chi connectivity index (χ0v) is 11.8. The maximum absolute atomic E-state index is 12.7. The molecule has 1 unspecified atom stereocenters. The number of hydrogen-bond acceptors (Lipinski definition) is 3. The molecule has 0 radical (unpaired) electrons. The predicted octanol–water partition coefficient (Wildman–Crippen LogP) is 1.06. The average Bonchev–Trinajstić information content (AvgIpc) is 2.88. The summed E-state index contributed by atoms with van der Waals surface area (Å²) in [6, 6.07) is 0.513. The van der Waals surface area contributed by atoms with Crippen LogP contribution in [0.2, 0.25) is 0 Å². The van der Waals surface area contributed by atoms with Gasteiger partial charge in [0.2, 0.25) is 5.91 Å². The van der Waals surface area contributed by atoms with Crippen LogP contribution in [0.3, 0.4) is 0 Å². The van der Waals surface area contributed by atoms with Crippen molar-refractivity contribution in [1.29, 1.82) is 0 Å². The second kappa shape index (κ2) is 5.57. The van der Waals surface area contributed by atoms with E-state index in [2.05, 4.69) is 23.9 Å². The average molecular weight is 253 g/mol. The zero-order valence-electron chi connectivity index (χ0n) is 11.8. The van der Waals surface area contributed by atoms with Crippen molar-refractivity contribution in [3.8, 4) is 0 Å². The van der Waals surface area contributed by atoms with Crippen LogP contribution in [0.4, 0.5) is 0 Å². The molecule has 2 aliphatic rings. The van der Waals surface area contributed by atoms with Gasteiger partial charge in [-0.2, -0.15) is 0 Å². The van der Waals surface area contributed by atoms with E-state index >= 15 is 0 Å². The molecule has 1 aliphatic heterocycles. The summed E-state index contributed by atoms with van der Waals surface area (Å²) in [6.45, 7) is 2.33. The molecule has 18 heavy (non-hydrogen) atoms. The van der Waals surface area contributed by atoms with Crippen molar-refractivity contribution in [2.24, 2.45) is 11.1 Å². The van der Waals surface area contributed by atoms with Crippen LogP contribution in [-0.4, -0.2) is 55.5 Å². The summed E-state index contributed by atoms with van der Waals surface area (Å²) in [5.74, 6) is 0.328. The highest BCUT2D eigenvalue weighted by Gasteiger charge is 2.43. The molecule has 2 N–H and O–H groups in total. The van der Waals surface area contributed by atoms with Crippen LogP contribution in [0.15, 0.2) is 0 Å². The van der Waals surface area contributed by atoms with Crippen molar-refractivity contribution in [3.05, 3.63) is 0 Å². The molecule has 1 amide bonds. The highest BCUT2D eigenvalue weighted by atomic mass is 16.2. The molecule has 1 heterocycles. The van der Waals surface area contributed by atoms with Crippen LogP contribution in [0.25, 0.3) is 0 Å². The lowest BCUT2D eigenvalue weighted by molar-refractivity contribution is -0.143. The minimum absolute atomic E-state index is 0.228. The normalized spacial score (nSPS) is 27.8. The lowest BCUT2D eigenvalue weighted by Crippen LogP contribution is -2.53. The van der Waals surface area contributed by atoms with Crippen molar-refractivity contribution in [3.63, 3.8) is 0 Å². The van der Waals surface area contributed by atoms with Crippen LogP contribution >= 0.6 is 0 Å². The molecule has 1 aliphatic carbocycles. The number of hydrogen-bond donors (Lipinski definition) is 1. The number of rotatable bonds is 3. The van der Waals surface area contributed by atoms with Gasteiger partial charge in [0.1, 0.15) is 0 Å². The van der Waals surface area contributed by atoms with Crippen molar-refractivity contribution >= 4 is 5.91 Å². The van der Waals surface area contributed by atoms with Gasteiger partial charge < -0.3 is 15.5 Å². The third kappa shape index (κ3) is 2.54. The quantitative estimate of drug-likeness (QED) is 0.818. The minimum Gasteiger partial charge on any atom is -0.341 e. The second-order valence-electron chi connectivity index (χ2n) is 6.20. The molecule has 0 spiro atoms. The van der Waals surface area contributed by atoms with E-state index in [-0.39, 0.29) is 5.41 Å². The summed E-state index contributed by atoms with van der Waals surface area (Å²) in [6.07, 6.45) is 6.63. The molecule has 0 aromatic heterocycles. The summed E-state index contributed by atoms with van der Waals surface area (Å²) in [5, 5.41) is 0. The Balaban J connectivity index is 2.04. The Kier molecular flexibility index (Phi) is 4.28. The van der Waals surface area contributed by atoms with E-state index in [1.54, 1.807) is 0 Å². The monoisotopic (exact) mass is 253 g/mol. The van der Waals surface area contributed by atoms with E-state index in [0.717, 1.165) is 45.2 Å². The fourth-order valence-electron chi connectivity index (χ4n) is 3.45. The van der Waals surface area contributed by atoms with Crippen molar-refractivity contribution in [1.82, 2.24) is 9.80 Å². The molecule has 104 valence electrons. The van der Waals surface area contributed by atoms with E-state index in [1.807, 2.05) is 0 Å². The van der Waals surface area contributed by atoms with E-state index in [1.165, 1.54) is 6.42 Å². The van der Waals surface area contributed by atoms with Gasteiger partial charge in [-0.3, -0.25) is 4.79 Å². The Bertz CT molecular complexity index is 297. The molecule has 2 rings (SSSR count). The van der Waals surface area contributed by atoms with Gasteiger partial charge in [-0.15, -0.1) is 0 Å². The third-order valence-electron chi connectivity index (χ3n) is 4.82. The van der Waals surface area contributed by atoms with Crippen molar-refractivity contribution < 1.29 is 4.79 Å². The maximum Gasteiger partial charge on any atom is 0.230 e. The molecule has 1 saturated heterocycles. The van der Waals surface area contributed by atoms with Gasteiger partial charge >= 0.3 is 0 Å². The molecule has 4 nitrogen and oxygen atoms in total. The van der Waals surface area contributed by atoms with Gasteiger partial charge in [0.05, 0.1) is 5.41 Å². The van der Waals surface area contributed by atoms with Gasteiger partial charge in [0.25, 0.3) is 0 Å². The maximum atomic E-state index is 12.7. The molecule has 0 bridgehead atoms. The standard InChI is InChI=1S/C14H27N3O/c1-16(2)12-6-5-9-17(10-12)13(18)14(11-15)7-3-4-8-14/h12H,3-11,15H2,1-2H3. The lowest BCUT2D eigenvalue weighted by atomic mass is 9.84. The minimum atomic E-state index is -0.228. The zero-order chi connectivity index (χ0) is 13.2. The predicted molar refractivity (Wildman–Crippen MR) is 73.2 cm³/mol. The van der Waals surface area contributed by atoms with Gasteiger partial charge in [0.15, 0.2) is 0 Å². The smallest absolute Gasteiger partial charge is 0.230 e. The second-order valence-corrected chi connectivity index (χ2v) is 6.20. The molecule has 1 saturated carbocycles.